The number of rotatable bonds is 7. The van der Waals surface area contributed by atoms with Crippen LogP contribution in [0.5, 0.6) is 0 Å². The highest BCUT2D eigenvalue weighted by molar-refractivity contribution is 5.79. The lowest BCUT2D eigenvalue weighted by Crippen LogP contribution is -2.36. The van der Waals surface area contributed by atoms with Crippen LogP contribution in [0.1, 0.15) is 56.9 Å². The molecule has 0 heterocycles. The van der Waals surface area contributed by atoms with Crippen molar-refractivity contribution in [3.63, 3.8) is 0 Å². The fourth-order valence-electron chi connectivity index (χ4n) is 3.76. The summed E-state index contributed by atoms with van der Waals surface area (Å²) in [6, 6.07) is 11.1. The van der Waals surface area contributed by atoms with Crippen molar-refractivity contribution in [3.05, 3.63) is 35.9 Å². The first-order valence-corrected chi connectivity index (χ1v) is 9.24. The second-order valence-electron chi connectivity index (χ2n) is 7.35. The first-order valence-electron chi connectivity index (χ1n) is 9.24. The number of hydrogen-bond donors (Lipinski definition) is 2. The maximum absolute atomic E-state index is 12.2. The van der Waals surface area contributed by atoms with Gasteiger partial charge in [-0.1, -0.05) is 36.8 Å². The van der Waals surface area contributed by atoms with Crippen molar-refractivity contribution >= 4 is 5.91 Å². The number of amides is 1. The molecule has 1 aromatic carbocycles. The van der Waals surface area contributed by atoms with E-state index in [2.05, 4.69) is 35.6 Å². The molecule has 0 saturated heterocycles. The van der Waals surface area contributed by atoms with Crippen LogP contribution in [0.3, 0.4) is 0 Å². The molecule has 2 aliphatic carbocycles. The number of unbranched alkanes of at least 4 members (excludes halogenated alkanes) is 1. The average Bonchev–Trinajstić information content (AvgIpc) is 3.31. The topological polar surface area (TPSA) is 49.3 Å². The van der Waals surface area contributed by atoms with E-state index in [1.54, 1.807) is 0 Å². The molecule has 3 nitrogen and oxygen atoms in total. The highest BCUT2D eigenvalue weighted by atomic mass is 16.3. The van der Waals surface area contributed by atoms with Gasteiger partial charge in [-0.3, -0.25) is 4.79 Å². The number of aliphatic hydroxyl groups excluding tert-OH is 1. The van der Waals surface area contributed by atoms with E-state index in [1.807, 2.05) is 0 Å². The van der Waals surface area contributed by atoms with E-state index in [1.165, 1.54) is 24.8 Å². The molecule has 3 rings (SSSR count). The second kappa shape index (κ2) is 7.96. The molecule has 2 unspecified atom stereocenters. The summed E-state index contributed by atoms with van der Waals surface area (Å²) in [5, 5.41) is 12.7. The molecule has 2 aliphatic rings. The zero-order valence-corrected chi connectivity index (χ0v) is 13.9. The molecule has 0 aliphatic heterocycles. The third-order valence-corrected chi connectivity index (χ3v) is 5.45. The lowest BCUT2D eigenvalue weighted by molar-refractivity contribution is -0.126. The predicted molar refractivity (Wildman–Crippen MR) is 92.0 cm³/mol. The maximum Gasteiger partial charge on any atom is 0.223 e. The number of aliphatic hydroxyl groups is 1. The van der Waals surface area contributed by atoms with Gasteiger partial charge in [0.15, 0.2) is 0 Å². The van der Waals surface area contributed by atoms with Gasteiger partial charge >= 0.3 is 0 Å². The summed E-state index contributed by atoms with van der Waals surface area (Å²) >= 11 is 0. The lowest BCUT2D eigenvalue weighted by Gasteiger charge is -2.24. The zero-order valence-electron chi connectivity index (χ0n) is 13.9. The van der Waals surface area contributed by atoms with Gasteiger partial charge < -0.3 is 10.4 Å². The molecule has 2 saturated carbocycles. The van der Waals surface area contributed by atoms with Gasteiger partial charge in [0, 0.05) is 12.0 Å². The Kier molecular flexibility index (Phi) is 5.71. The normalized spacial score (nSPS) is 30.0. The molecule has 3 heteroatoms. The van der Waals surface area contributed by atoms with E-state index in [4.69, 9.17) is 0 Å². The first kappa shape index (κ1) is 16.5. The van der Waals surface area contributed by atoms with Crippen molar-refractivity contribution in [1.29, 1.82) is 0 Å². The van der Waals surface area contributed by atoms with E-state index < -0.39 is 0 Å². The largest absolute Gasteiger partial charge is 0.393 e. The lowest BCUT2D eigenvalue weighted by atomic mass is 9.87. The minimum absolute atomic E-state index is 0.137. The molecule has 1 aromatic rings. The molecular formula is C20H29NO2. The highest BCUT2D eigenvalue weighted by Crippen LogP contribution is 2.36. The van der Waals surface area contributed by atoms with Crippen LogP contribution < -0.4 is 5.32 Å². The molecule has 2 fully saturated rings. The zero-order chi connectivity index (χ0) is 16.1. The van der Waals surface area contributed by atoms with Gasteiger partial charge in [-0.2, -0.15) is 0 Å². The van der Waals surface area contributed by atoms with Gasteiger partial charge in [0.1, 0.15) is 0 Å². The van der Waals surface area contributed by atoms with Crippen LogP contribution in [0, 0.1) is 11.8 Å². The van der Waals surface area contributed by atoms with Crippen LogP contribution >= 0.6 is 0 Å². The van der Waals surface area contributed by atoms with Crippen molar-refractivity contribution < 1.29 is 9.90 Å². The molecule has 0 aromatic heterocycles. The number of nitrogens with one attached hydrogen (secondary N) is 1. The summed E-state index contributed by atoms with van der Waals surface area (Å²) < 4.78 is 0. The molecule has 1 amide bonds. The van der Waals surface area contributed by atoms with Gasteiger partial charge in [0.25, 0.3) is 0 Å². The molecule has 126 valence electrons. The fourth-order valence-corrected chi connectivity index (χ4v) is 3.76. The molecule has 2 atom stereocenters. The Morgan fingerprint density at radius 1 is 1.09 bits per heavy atom. The van der Waals surface area contributed by atoms with Crippen molar-refractivity contribution in [1.82, 2.24) is 5.32 Å². The van der Waals surface area contributed by atoms with Gasteiger partial charge in [-0.15, -0.1) is 0 Å². The van der Waals surface area contributed by atoms with Crippen molar-refractivity contribution in [3.8, 4) is 0 Å². The smallest absolute Gasteiger partial charge is 0.223 e. The van der Waals surface area contributed by atoms with Crippen LogP contribution in [-0.2, 0) is 11.2 Å². The van der Waals surface area contributed by atoms with E-state index in [0.29, 0.717) is 12.0 Å². The van der Waals surface area contributed by atoms with Gasteiger partial charge in [0.2, 0.25) is 5.91 Å². The predicted octanol–water partition coefficient (Wildman–Crippen LogP) is 3.46. The molecule has 0 radical (unpaired) electrons. The summed E-state index contributed by atoms with van der Waals surface area (Å²) in [6.07, 6.45) is 9.13. The number of aryl methyl sites for hydroxylation is 1. The Bertz CT molecular complexity index is 494. The Hall–Kier alpha value is -1.35. The van der Waals surface area contributed by atoms with Crippen LogP contribution in [0.25, 0.3) is 0 Å². The minimum Gasteiger partial charge on any atom is -0.393 e. The van der Waals surface area contributed by atoms with Crippen LogP contribution in [0.4, 0.5) is 0 Å². The van der Waals surface area contributed by atoms with Gasteiger partial charge in [-0.25, -0.2) is 0 Å². The fraction of sp³-hybridized carbons (Fsp3) is 0.650. The van der Waals surface area contributed by atoms with Crippen molar-refractivity contribution in [2.45, 2.75) is 69.9 Å². The molecule has 2 N–H and O–H groups in total. The molecule has 0 bridgehead atoms. The van der Waals surface area contributed by atoms with Gasteiger partial charge in [0.05, 0.1) is 6.10 Å². The first-order chi connectivity index (χ1) is 11.2. The minimum atomic E-state index is -0.183. The monoisotopic (exact) mass is 315 g/mol. The third kappa shape index (κ3) is 5.07. The van der Waals surface area contributed by atoms with E-state index in [-0.39, 0.29) is 17.9 Å². The Morgan fingerprint density at radius 3 is 2.57 bits per heavy atom. The summed E-state index contributed by atoms with van der Waals surface area (Å²) in [7, 11) is 0. The Labute approximate surface area is 139 Å². The Balaban J connectivity index is 1.27. The van der Waals surface area contributed by atoms with Crippen LogP contribution in [-0.4, -0.2) is 23.2 Å². The number of carbonyl (C=O) groups is 1. The maximum atomic E-state index is 12.2. The second-order valence-corrected chi connectivity index (χ2v) is 7.35. The van der Waals surface area contributed by atoms with Crippen LogP contribution in [0.15, 0.2) is 30.3 Å². The SMILES string of the molecule is O=C(NC1CC1CCCCc1ccccc1)[C@H]1CC[C@H](O)CC1. The van der Waals surface area contributed by atoms with Crippen LogP contribution in [0.2, 0.25) is 0 Å². The Morgan fingerprint density at radius 2 is 1.83 bits per heavy atom. The average molecular weight is 315 g/mol. The highest BCUT2D eigenvalue weighted by Gasteiger charge is 2.38. The number of hydrogen-bond acceptors (Lipinski definition) is 2. The summed E-state index contributed by atoms with van der Waals surface area (Å²) in [5.41, 5.74) is 1.42. The molecular weight excluding hydrogens is 286 g/mol. The summed E-state index contributed by atoms with van der Waals surface area (Å²) in [4.78, 5) is 12.2. The molecule has 0 spiro atoms. The molecule has 23 heavy (non-hydrogen) atoms. The van der Waals surface area contributed by atoms with Crippen molar-refractivity contribution in [2.75, 3.05) is 0 Å². The van der Waals surface area contributed by atoms with E-state index in [0.717, 1.165) is 38.5 Å². The van der Waals surface area contributed by atoms with E-state index >= 15 is 0 Å². The van der Waals surface area contributed by atoms with E-state index in [9.17, 15) is 9.90 Å². The quantitative estimate of drug-likeness (QED) is 0.757. The number of benzene rings is 1. The van der Waals surface area contributed by atoms with Crippen molar-refractivity contribution in [2.24, 2.45) is 11.8 Å². The standard InChI is InChI=1S/C20H29NO2/c22-18-12-10-16(11-13-18)20(23)21-19-14-17(19)9-5-4-8-15-6-2-1-3-7-15/h1-3,6-7,16-19,22H,4-5,8-14H2,(H,21,23)/t16-,17?,18-,19?. The third-order valence-electron chi connectivity index (χ3n) is 5.45. The summed E-state index contributed by atoms with van der Waals surface area (Å²) in [6.45, 7) is 0. The number of carbonyl (C=O) groups excluding carboxylic acids is 1. The summed E-state index contributed by atoms with van der Waals surface area (Å²) in [5.74, 6) is 1.07. The van der Waals surface area contributed by atoms with Gasteiger partial charge in [-0.05, 0) is 62.8 Å².